The number of rotatable bonds is 7. The van der Waals surface area contributed by atoms with Crippen LogP contribution in [0, 0.1) is 5.41 Å². The summed E-state index contributed by atoms with van der Waals surface area (Å²) in [6.45, 7) is 5.15. The van der Waals surface area contributed by atoms with Crippen LogP contribution in [0.25, 0.3) is 0 Å². The van der Waals surface area contributed by atoms with Crippen LogP contribution in [0.5, 0.6) is 0 Å². The molecule has 0 saturated heterocycles. The topological polar surface area (TPSA) is 111 Å². The van der Waals surface area contributed by atoms with Crippen LogP contribution in [0.1, 0.15) is 26.0 Å². The van der Waals surface area contributed by atoms with Gasteiger partial charge in [0.2, 0.25) is 0 Å². The predicted molar refractivity (Wildman–Crippen MR) is 69.8 cm³/mol. The molecule has 1 heterocycles. The number of nitrogens with one attached hydrogen (secondary N) is 4. The summed E-state index contributed by atoms with van der Waals surface area (Å²) in [6.07, 6.45) is 0.430. The molecule has 0 aromatic carbocycles. The lowest BCUT2D eigenvalue weighted by molar-refractivity contribution is 0.158. The molecule has 7 nitrogen and oxygen atoms in total. The van der Waals surface area contributed by atoms with E-state index in [4.69, 9.17) is 10.1 Å². The van der Waals surface area contributed by atoms with Gasteiger partial charge >= 0.3 is 5.69 Å². The van der Waals surface area contributed by atoms with Crippen LogP contribution >= 0.6 is 0 Å². The van der Waals surface area contributed by atoms with Gasteiger partial charge in [-0.05, 0) is 13.3 Å². The van der Waals surface area contributed by atoms with E-state index in [0.717, 1.165) is 0 Å². The standard InChI is InChI=1S/C11H18N4O3/c1-3-7(12)8-9(13-5-6-18-4-2)10(16)15-11(17)14-8/h12-13H,3-6H2,1-2H3,(H2,14,15,16,17). The molecule has 7 heteroatoms. The van der Waals surface area contributed by atoms with Gasteiger partial charge in [-0.25, -0.2) is 4.79 Å². The normalized spacial score (nSPS) is 10.3. The van der Waals surface area contributed by atoms with Crippen molar-refractivity contribution in [3.05, 3.63) is 26.5 Å². The summed E-state index contributed by atoms with van der Waals surface area (Å²) in [5, 5.41) is 10.6. The molecule has 0 amide bonds. The summed E-state index contributed by atoms with van der Waals surface area (Å²) in [4.78, 5) is 27.5. The zero-order valence-electron chi connectivity index (χ0n) is 10.6. The predicted octanol–water partition coefficient (Wildman–Crippen LogP) is 0.289. The molecule has 100 valence electrons. The fourth-order valence-corrected chi connectivity index (χ4v) is 1.45. The second kappa shape index (κ2) is 6.75. The molecule has 0 aliphatic carbocycles. The Hall–Kier alpha value is -1.89. The van der Waals surface area contributed by atoms with Gasteiger partial charge in [0, 0.05) is 13.2 Å². The molecule has 0 unspecified atom stereocenters. The third-order valence-electron chi connectivity index (χ3n) is 2.35. The highest BCUT2D eigenvalue weighted by atomic mass is 16.5. The van der Waals surface area contributed by atoms with Crippen molar-refractivity contribution in [1.82, 2.24) is 9.97 Å². The lowest BCUT2D eigenvalue weighted by Gasteiger charge is -2.10. The number of hydrogen-bond donors (Lipinski definition) is 4. The quantitative estimate of drug-likeness (QED) is 0.414. The molecular formula is C11H18N4O3. The van der Waals surface area contributed by atoms with Crippen molar-refractivity contribution >= 4 is 11.4 Å². The molecule has 0 bridgehead atoms. The maximum absolute atomic E-state index is 11.7. The zero-order valence-corrected chi connectivity index (χ0v) is 10.6. The first-order valence-corrected chi connectivity index (χ1v) is 5.86. The highest BCUT2D eigenvalue weighted by molar-refractivity contribution is 6.00. The van der Waals surface area contributed by atoms with E-state index in [9.17, 15) is 9.59 Å². The van der Waals surface area contributed by atoms with Crippen LogP contribution < -0.4 is 16.6 Å². The maximum Gasteiger partial charge on any atom is 0.326 e. The number of ether oxygens (including phenoxy) is 1. The van der Waals surface area contributed by atoms with Crippen LogP contribution in [-0.4, -0.2) is 35.4 Å². The molecule has 0 spiro atoms. The van der Waals surface area contributed by atoms with Crippen LogP contribution in [-0.2, 0) is 4.74 Å². The summed E-state index contributed by atoms with van der Waals surface area (Å²) in [5.41, 5.74) is -0.479. The fraction of sp³-hybridized carbons (Fsp3) is 0.545. The number of aromatic amines is 2. The Labute approximate surface area is 104 Å². The smallest absolute Gasteiger partial charge is 0.326 e. The van der Waals surface area contributed by atoms with Crippen molar-refractivity contribution < 1.29 is 4.74 Å². The van der Waals surface area contributed by atoms with E-state index in [1.54, 1.807) is 6.92 Å². The first kappa shape index (κ1) is 14.2. The second-order valence-corrected chi connectivity index (χ2v) is 3.61. The Balaban J connectivity index is 2.97. The third kappa shape index (κ3) is 3.56. The zero-order chi connectivity index (χ0) is 13.5. The third-order valence-corrected chi connectivity index (χ3v) is 2.35. The monoisotopic (exact) mass is 254 g/mol. The Morgan fingerprint density at radius 1 is 1.33 bits per heavy atom. The Bertz CT molecular complexity index is 518. The van der Waals surface area contributed by atoms with E-state index >= 15 is 0 Å². The minimum atomic E-state index is -0.608. The Kier molecular flexibility index (Phi) is 5.31. The number of aromatic nitrogens is 2. The van der Waals surface area contributed by atoms with Crippen molar-refractivity contribution in [2.75, 3.05) is 25.1 Å². The van der Waals surface area contributed by atoms with E-state index < -0.39 is 11.2 Å². The van der Waals surface area contributed by atoms with Gasteiger partial charge in [-0.1, -0.05) is 6.92 Å². The molecule has 18 heavy (non-hydrogen) atoms. The van der Waals surface area contributed by atoms with Crippen LogP contribution in [0.4, 0.5) is 5.69 Å². The van der Waals surface area contributed by atoms with Crippen LogP contribution in [0.2, 0.25) is 0 Å². The number of anilines is 1. The highest BCUT2D eigenvalue weighted by Gasteiger charge is 2.11. The largest absolute Gasteiger partial charge is 0.380 e. The lowest BCUT2D eigenvalue weighted by atomic mass is 10.2. The van der Waals surface area contributed by atoms with Gasteiger partial charge in [0.1, 0.15) is 5.69 Å². The maximum atomic E-state index is 11.7. The second-order valence-electron chi connectivity index (χ2n) is 3.61. The SMILES string of the molecule is CCOCCNc1c(C(=N)CC)[nH]c(=O)[nH]c1=O. The lowest BCUT2D eigenvalue weighted by Crippen LogP contribution is -2.30. The van der Waals surface area contributed by atoms with E-state index in [-0.39, 0.29) is 17.1 Å². The minimum absolute atomic E-state index is 0.206. The average Bonchev–Trinajstić information content (AvgIpc) is 2.35. The van der Waals surface area contributed by atoms with Gasteiger partial charge in [0.25, 0.3) is 5.56 Å². The summed E-state index contributed by atoms with van der Waals surface area (Å²) in [7, 11) is 0. The van der Waals surface area contributed by atoms with Crippen molar-refractivity contribution in [1.29, 1.82) is 5.41 Å². The van der Waals surface area contributed by atoms with Gasteiger partial charge in [0.15, 0.2) is 0 Å². The molecule has 1 aromatic rings. The van der Waals surface area contributed by atoms with Gasteiger partial charge < -0.3 is 20.4 Å². The van der Waals surface area contributed by atoms with Gasteiger partial charge in [-0.3, -0.25) is 9.78 Å². The molecule has 0 saturated carbocycles. The van der Waals surface area contributed by atoms with E-state index in [1.165, 1.54) is 0 Å². The first-order chi connectivity index (χ1) is 8.60. The molecule has 0 radical (unpaired) electrons. The molecule has 0 atom stereocenters. The van der Waals surface area contributed by atoms with Crippen molar-refractivity contribution in [2.45, 2.75) is 20.3 Å². The molecular weight excluding hydrogens is 236 g/mol. The fourth-order valence-electron chi connectivity index (χ4n) is 1.45. The van der Waals surface area contributed by atoms with Crippen molar-refractivity contribution in [2.24, 2.45) is 0 Å². The summed E-state index contributed by atoms with van der Waals surface area (Å²) < 4.78 is 5.15. The molecule has 4 N–H and O–H groups in total. The van der Waals surface area contributed by atoms with Crippen molar-refractivity contribution in [3.63, 3.8) is 0 Å². The molecule has 0 aliphatic heterocycles. The summed E-state index contributed by atoms with van der Waals surface area (Å²) >= 11 is 0. The van der Waals surface area contributed by atoms with E-state index in [0.29, 0.717) is 26.2 Å². The Morgan fingerprint density at radius 3 is 2.67 bits per heavy atom. The van der Waals surface area contributed by atoms with E-state index in [1.807, 2.05) is 6.92 Å². The van der Waals surface area contributed by atoms with Gasteiger partial charge in [-0.2, -0.15) is 0 Å². The summed E-state index contributed by atoms with van der Waals surface area (Å²) in [5.74, 6) is 0. The van der Waals surface area contributed by atoms with Gasteiger partial charge in [0.05, 0.1) is 18.0 Å². The molecule has 1 aromatic heterocycles. The first-order valence-electron chi connectivity index (χ1n) is 5.86. The number of H-pyrrole nitrogens is 2. The number of hydrogen-bond acceptors (Lipinski definition) is 5. The molecule has 0 fully saturated rings. The van der Waals surface area contributed by atoms with E-state index in [2.05, 4.69) is 15.3 Å². The van der Waals surface area contributed by atoms with Crippen LogP contribution in [0.3, 0.4) is 0 Å². The minimum Gasteiger partial charge on any atom is -0.380 e. The molecule has 0 aliphatic rings. The average molecular weight is 254 g/mol. The van der Waals surface area contributed by atoms with Gasteiger partial charge in [-0.15, -0.1) is 0 Å². The van der Waals surface area contributed by atoms with Crippen LogP contribution in [0.15, 0.2) is 9.59 Å². The Morgan fingerprint density at radius 2 is 2.06 bits per heavy atom. The molecule has 1 rings (SSSR count). The van der Waals surface area contributed by atoms with Crippen molar-refractivity contribution in [3.8, 4) is 0 Å². The highest BCUT2D eigenvalue weighted by Crippen LogP contribution is 2.06. The summed E-state index contributed by atoms with van der Waals surface area (Å²) in [6, 6.07) is 0.